The largest absolute Gasteiger partial charge is 0.444 e. The first kappa shape index (κ1) is 26.2. The molecule has 0 bridgehead atoms. The Morgan fingerprint density at radius 3 is 2.22 bits per heavy atom. The van der Waals surface area contributed by atoms with Crippen LogP contribution in [0.15, 0.2) is 12.4 Å². The van der Waals surface area contributed by atoms with Crippen molar-refractivity contribution in [2.24, 2.45) is 5.41 Å². The predicted molar refractivity (Wildman–Crippen MR) is 143 cm³/mol. The third-order valence-electron chi connectivity index (χ3n) is 8.68. The van der Waals surface area contributed by atoms with Gasteiger partial charge in [-0.2, -0.15) is 0 Å². The molecule has 0 atom stereocenters. The SMILES string of the molecule is CC(C)(C)OC(=O)N1CCC(N2CCC3(CC2)CN(c2cnc(C(=O)NC4CCCCC4)cn2)C3)CC1. The minimum Gasteiger partial charge on any atom is -0.444 e. The van der Waals surface area contributed by atoms with Gasteiger partial charge < -0.3 is 24.8 Å². The molecule has 1 aromatic rings. The van der Waals surface area contributed by atoms with Gasteiger partial charge in [0.15, 0.2) is 0 Å². The Morgan fingerprint density at radius 1 is 0.946 bits per heavy atom. The van der Waals surface area contributed by atoms with Gasteiger partial charge in [0, 0.05) is 43.7 Å². The number of carbonyl (C=O) groups excluding carboxylic acids is 2. The van der Waals surface area contributed by atoms with Crippen LogP contribution < -0.4 is 10.2 Å². The molecule has 0 aromatic carbocycles. The van der Waals surface area contributed by atoms with Crippen LogP contribution in [0.2, 0.25) is 0 Å². The summed E-state index contributed by atoms with van der Waals surface area (Å²) in [5, 5.41) is 3.12. The summed E-state index contributed by atoms with van der Waals surface area (Å²) in [5.74, 6) is 0.770. The Morgan fingerprint density at radius 2 is 1.62 bits per heavy atom. The quantitative estimate of drug-likeness (QED) is 0.655. The molecule has 3 saturated heterocycles. The molecular formula is C28H44N6O3. The van der Waals surface area contributed by atoms with E-state index in [1.54, 1.807) is 12.4 Å². The van der Waals surface area contributed by atoms with Crippen LogP contribution in [0.25, 0.3) is 0 Å². The van der Waals surface area contributed by atoms with Crippen LogP contribution in [0.3, 0.4) is 0 Å². The Bertz CT molecular complexity index is 932. The fourth-order valence-corrected chi connectivity index (χ4v) is 6.45. The van der Waals surface area contributed by atoms with E-state index < -0.39 is 5.60 Å². The van der Waals surface area contributed by atoms with E-state index in [0.29, 0.717) is 17.2 Å². The highest BCUT2D eigenvalue weighted by Gasteiger charge is 2.46. The second-order valence-electron chi connectivity index (χ2n) is 12.7. The van der Waals surface area contributed by atoms with Gasteiger partial charge in [0.2, 0.25) is 0 Å². The maximum Gasteiger partial charge on any atom is 0.410 e. The van der Waals surface area contributed by atoms with Gasteiger partial charge in [-0.05, 0) is 72.4 Å². The van der Waals surface area contributed by atoms with Gasteiger partial charge in [-0.1, -0.05) is 19.3 Å². The molecule has 1 saturated carbocycles. The van der Waals surface area contributed by atoms with Crippen LogP contribution in [0.5, 0.6) is 0 Å². The first-order valence-electron chi connectivity index (χ1n) is 14.3. The van der Waals surface area contributed by atoms with Crippen LogP contribution >= 0.6 is 0 Å². The van der Waals surface area contributed by atoms with Crippen LogP contribution in [0, 0.1) is 5.41 Å². The minimum atomic E-state index is -0.442. The molecule has 204 valence electrons. The van der Waals surface area contributed by atoms with Crippen LogP contribution in [0.4, 0.5) is 10.6 Å². The van der Waals surface area contributed by atoms with E-state index in [-0.39, 0.29) is 18.0 Å². The number of anilines is 1. The van der Waals surface area contributed by atoms with Gasteiger partial charge in [0.1, 0.15) is 17.1 Å². The van der Waals surface area contributed by atoms with Crippen molar-refractivity contribution in [3.63, 3.8) is 0 Å². The second-order valence-corrected chi connectivity index (χ2v) is 12.7. The average molecular weight is 513 g/mol. The monoisotopic (exact) mass is 512 g/mol. The third kappa shape index (κ3) is 6.36. The molecule has 2 amide bonds. The summed E-state index contributed by atoms with van der Waals surface area (Å²) in [7, 11) is 0. The van der Waals surface area contributed by atoms with Crippen molar-refractivity contribution in [1.82, 2.24) is 25.1 Å². The normalized spacial score (nSPS) is 23.5. The lowest BCUT2D eigenvalue weighted by atomic mass is 9.71. The highest BCUT2D eigenvalue weighted by atomic mass is 16.6. The van der Waals surface area contributed by atoms with Gasteiger partial charge >= 0.3 is 6.09 Å². The lowest BCUT2D eigenvalue weighted by molar-refractivity contribution is 0.00425. The summed E-state index contributed by atoms with van der Waals surface area (Å²) in [4.78, 5) is 40.7. The molecule has 4 fully saturated rings. The molecule has 1 aliphatic carbocycles. The summed E-state index contributed by atoms with van der Waals surface area (Å²) >= 11 is 0. The fourth-order valence-electron chi connectivity index (χ4n) is 6.45. The maximum absolute atomic E-state index is 12.5. The number of aromatic nitrogens is 2. The lowest BCUT2D eigenvalue weighted by Crippen LogP contribution is -2.62. The first-order chi connectivity index (χ1) is 17.7. The number of piperidine rings is 2. The molecule has 4 aliphatic rings. The lowest BCUT2D eigenvalue weighted by Gasteiger charge is -2.55. The van der Waals surface area contributed by atoms with E-state index in [4.69, 9.17) is 4.74 Å². The topological polar surface area (TPSA) is 90.9 Å². The average Bonchev–Trinajstić information content (AvgIpc) is 2.87. The van der Waals surface area contributed by atoms with Crippen LogP contribution in [-0.4, -0.2) is 88.7 Å². The summed E-state index contributed by atoms with van der Waals surface area (Å²) in [5.41, 5.74) is 0.338. The molecule has 9 heteroatoms. The van der Waals surface area contributed by atoms with Crippen molar-refractivity contribution < 1.29 is 14.3 Å². The zero-order chi connectivity index (χ0) is 26.0. The van der Waals surface area contributed by atoms with E-state index in [1.165, 1.54) is 32.1 Å². The predicted octanol–water partition coefficient (Wildman–Crippen LogP) is 3.84. The van der Waals surface area contributed by atoms with E-state index in [2.05, 4.69) is 25.1 Å². The number of rotatable bonds is 4. The second kappa shape index (κ2) is 10.8. The van der Waals surface area contributed by atoms with Crippen molar-refractivity contribution in [2.75, 3.05) is 44.2 Å². The molecule has 4 heterocycles. The number of nitrogens with one attached hydrogen (secondary N) is 1. The highest BCUT2D eigenvalue weighted by Crippen LogP contribution is 2.42. The van der Waals surface area contributed by atoms with E-state index >= 15 is 0 Å². The third-order valence-corrected chi connectivity index (χ3v) is 8.68. The van der Waals surface area contributed by atoms with Crippen molar-refractivity contribution in [3.05, 3.63) is 18.1 Å². The smallest absolute Gasteiger partial charge is 0.410 e. The summed E-state index contributed by atoms with van der Waals surface area (Å²) in [6.45, 7) is 11.6. The number of likely N-dealkylation sites (tertiary alicyclic amines) is 2. The van der Waals surface area contributed by atoms with Gasteiger partial charge in [0.05, 0.1) is 12.4 Å². The van der Waals surface area contributed by atoms with Gasteiger partial charge in [-0.3, -0.25) is 4.79 Å². The molecule has 1 N–H and O–H groups in total. The number of nitrogens with zero attached hydrogens (tertiary/aromatic N) is 5. The molecular weight excluding hydrogens is 468 g/mol. The van der Waals surface area contributed by atoms with Gasteiger partial charge in [-0.15, -0.1) is 0 Å². The van der Waals surface area contributed by atoms with Gasteiger partial charge in [-0.25, -0.2) is 14.8 Å². The maximum atomic E-state index is 12.5. The fraction of sp³-hybridized carbons (Fsp3) is 0.786. The molecule has 0 unspecified atom stereocenters. The van der Waals surface area contributed by atoms with Crippen molar-refractivity contribution >= 4 is 17.8 Å². The molecule has 3 aliphatic heterocycles. The summed E-state index contributed by atoms with van der Waals surface area (Å²) < 4.78 is 5.54. The van der Waals surface area contributed by atoms with Crippen molar-refractivity contribution in [1.29, 1.82) is 0 Å². The Balaban J connectivity index is 1.04. The molecule has 1 aromatic heterocycles. The number of amides is 2. The van der Waals surface area contributed by atoms with E-state index in [0.717, 1.165) is 70.8 Å². The number of hydrogen-bond acceptors (Lipinski definition) is 7. The highest BCUT2D eigenvalue weighted by molar-refractivity contribution is 5.92. The van der Waals surface area contributed by atoms with E-state index in [9.17, 15) is 9.59 Å². The summed E-state index contributed by atoms with van der Waals surface area (Å²) in [6.07, 6.45) is 13.4. The zero-order valence-electron chi connectivity index (χ0n) is 22.9. The first-order valence-corrected chi connectivity index (χ1v) is 14.3. The zero-order valence-corrected chi connectivity index (χ0v) is 22.9. The summed E-state index contributed by atoms with van der Waals surface area (Å²) in [6, 6.07) is 0.840. The van der Waals surface area contributed by atoms with Crippen LogP contribution in [-0.2, 0) is 4.74 Å². The van der Waals surface area contributed by atoms with Crippen molar-refractivity contribution in [2.45, 2.75) is 96.2 Å². The minimum absolute atomic E-state index is 0.102. The van der Waals surface area contributed by atoms with Gasteiger partial charge in [0.25, 0.3) is 5.91 Å². The van der Waals surface area contributed by atoms with Crippen LogP contribution in [0.1, 0.15) is 89.0 Å². The molecule has 5 rings (SSSR count). The molecule has 9 nitrogen and oxygen atoms in total. The van der Waals surface area contributed by atoms with Crippen molar-refractivity contribution in [3.8, 4) is 0 Å². The number of carbonyl (C=O) groups is 2. The molecule has 0 radical (unpaired) electrons. The number of ether oxygens (including phenoxy) is 1. The Kier molecular flexibility index (Phi) is 7.61. The Hall–Kier alpha value is -2.42. The molecule has 37 heavy (non-hydrogen) atoms. The van der Waals surface area contributed by atoms with E-state index in [1.807, 2.05) is 25.7 Å². The number of hydrogen-bond donors (Lipinski definition) is 1. The standard InChI is InChI=1S/C28H44N6O3/c1-27(2,3)37-26(36)33-13-9-22(10-14-33)32-15-11-28(12-16-32)19-34(20-28)24-18-29-23(17-30-24)25(35)31-21-7-5-4-6-8-21/h17-18,21-22H,4-16,19-20H2,1-3H3,(H,31,35). The molecule has 1 spiro atoms. The Labute approximate surface area is 221 Å².